The van der Waals surface area contributed by atoms with Gasteiger partial charge < -0.3 is 10.1 Å². The van der Waals surface area contributed by atoms with Crippen LogP contribution in [0.5, 0.6) is 0 Å². The second kappa shape index (κ2) is 9.07. The molecular formula is C21H21F6NO2. The monoisotopic (exact) mass is 433 g/mol. The van der Waals surface area contributed by atoms with E-state index in [2.05, 4.69) is 10.1 Å². The molecule has 0 heterocycles. The molecule has 9 heteroatoms. The van der Waals surface area contributed by atoms with Crippen LogP contribution in [0, 0.1) is 0 Å². The largest absolute Gasteiger partial charge is 0.469 e. The lowest BCUT2D eigenvalue weighted by Crippen LogP contribution is -2.15. The Morgan fingerprint density at radius 1 is 1.00 bits per heavy atom. The maximum Gasteiger partial charge on any atom is 0.416 e. The second-order valence-electron chi connectivity index (χ2n) is 6.74. The van der Waals surface area contributed by atoms with Crippen LogP contribution in [0.4, 0.5) is 26.3 Å². The number of nitrogens with one attached hydrogen (secondary N) is 1. The molecule has 164 valence electrons. The molecule has 0 saturated heterocycles. The number of alkyl halides is 6. The van der Waals surface area contributed by atoms with E-state index in [1.54, 1.807) is 6.92 Å². The summed E-state index contributed by atoms with van der Waals surface area (Å²) in [6.45, 7) is 3.65. The van der Waals surface area contributed by atoms with Gasteiger partial charge in [-0.05, 0) is 60.0 Å². The Morgan fingerprint density at radius 3 is 2.17 bits per heavy atom. The van der Waals surface area contributed by atoms with Crippen LogP contribution in [0.15, 0.2) is 36.4 Å². The van der Waals surface area contributed by atoms with Crippen molar-refractivity contribution in [1.29, 1.82) is 0 Å². The van der Waals surface area contributed by atoms with Crippen LogP contribution in [-0.4, -0.2) is 19.6 Å². The Morgan fingerprint density at radius 2 is 1.63 bits per heavy atom. The molecule has 0 spiro atoms. The fourth-order valence-electron chi connectivity index (χ4n) is 2.99. The molecule has 0 fully saturated rings. The van der Waals surface area contributed by atoms with Gasteiger partial charge in [0.15, 0.2) is 0 Å². The summed E-state index contributed by atoms with van der Waals surface area (Å²) in [5, 5.41) is 2.90. The molecule has 1 N–H and O–H groups in total. The van der Waals surface area contributed by atoms with Gasteiger partial charge in [0.25, 0.3) is 0 Å². The zero-order valence-electron chi connectivity index (χ0n) is 16.5. The van der Waals surface area contributed by atoms with Gasteiger partial charge in [-0.15, -0.1) is 0 Å². The fourth-order valence-corrected chi connectivity index (χ4v) is 2.99. The van der Waals surface area contributed by atoms with Crippen molar-refractivity contribution in [2.45, 2.75) is 38.7 Å². The first-order valence-electron chi connectivity index (χ1n) is 9.09. The van der Waals surface area contributed by atoms with Crippen molar-refractivity contribution in [3.63, 3.8) is 0 Å². The van der Waals surface area contributed by atoms with Gasteiger partial charge in [0.2, 0.25) is 0 Å². The Bertz CT molecular complexity index is 905. The number of methoxy groups -OCH3 is 1. The molecule has 0 radical (unpaired) electrons. The summed E-state index contributed by atoms with van der Waals surface area (Å²) < 4.78 is 84.3. The minimum absolute atomic E-state index is 0.0356. The van der Waals surface area contributed by atoms with Crippen molar-refractivity contribution in [2.75, 3.05) is 13.7 Å². The van der Waals surface area contributed by atoms with Gasteiger partial charge >= 0.3 is 18.3 Å². The predicted molar refractivity (Wildman–Crippen MR) is 99.7 cm³/mol. The zero-order valence-corrected chi connectivity index (χ0v) is 16.5. The highest BCUT2D eigenvalue weighted by Crippen LogP contribution is 2.38. The van der Waals surface area contributed by atoms with Crippen molar-refractivity contribution >= 4 is 5.97 Å². The Balaban J connectivity index is 2.70. The number of carbonyl (C=O) groups excluding carboxylic acids is 1. The maximum atomic E-state index is 13.5. The maximum absolute atomic E-state index is 13.5. The van der Waals surface area contributed by atoms with Gasteiger partial charge in [-0.2, -0.15) is 26.3 Å². The summed E-state index contributed by atoms with van der Waals surface area (Å²) in [6, 6.07) is 5.98. The number of esters is 1. The van der Waals surface area contributed by atoms with Crippen molar-refractivity contribution in [3.05, 3.63) is 58.7 Å². The number of carbonyl (C=O) groups is 1. The summed E-state index contributed by atoms with van der Waals surface area (Å²) in [4.78, 5) is 11.8. The lowest BCUT2D eigenvalue weighted by Gasteiger charge is -2.18. The summed E-state index contributed by atoms with van der Waals surface area (Å²) >= 11 is 0. The highest BCUT2D eigenvalue weighted by Gasteiger charge is 2.34. The van der Waals surface area contributed by atoms with Gasteiger partial charge in [0.1, 0.15) is 0 Å². The topological polar surface area (TPSA) is 38.3 Å². The summed E-state index contributed by atoms with van der Waals surface area (Å²) in [7, 11) is 1.12. The Hall–Kier alpha value is -2.55. The molecule has 2 aromatic rings. The summed E-state index contributed by atoms with van der Waals surface area (Å²) in [6.07, 6.45) is -9.29. The molecular weight excluding hydrogens is 412 g/mol. The van der Waals surface area contributed by atoms with Gasteiger partial charge in [-0.1, -0.05) is 19.1 Å². The summed E-state index contributed by atoms with van der Waals surface area (Å²) in [5.41, 5.74) is -1.36. The second-order valence-corrected chi connectivity index (χ2v) is 6.74. The molecule has 0 amide bonds. The highest BCUT2D eigenvalue weighted by atomic mass is 19.4. The van der Waals surface area contributed by atoms with Crippen LogP contribution in [0.1, 0.15) is 42.0 Å². The molecule has 0 aliphatic heterocycles. The molecule has 30 heavy (non-hydrogen) atoms. The Kier molecular flexibility index (Phi) is 7.18. The lowest BCUT2D eigenvalue weighted by atomic mass is 9.90. The first-order chi connectivity index (χ1) is 13.9. The highest BCUT2D eigenvalue weighted by molar-refractivity contribution is 5.79. The molecule has 2 aromatic carbocycles. The van der Waals surface area contributed by atoms with E-state index in [-0.39, 0.29) is 28.8 Å². The molecule has 2 rings (SSSR count). The third kappa shape index (κ3) is 5.53. The molecule has 0 saturated carbocycles. The van der Waals surface area contributed by atoms with Gasteiger partial charge in [-0.3, -0.25) is 4.79 Å². The average molecular weight is 433 g/mol. The van der Waals surface area contributed by atoms with Gasteiger partial charge in [-0.25, -0.2) is 0 Å². The molecule has 0 unspecified atom stereocenters. The number of ether oxygens (including phenoxy) is 1. The van der Waals surface area contributed by atoms with Crippen molar-refractivity contribution < 1.29 is 35.9 Å². The normalized spacial score (nSPS) is 13.2. The van der Waals surface area contributed by atoms with E-state index in [0.717, 1.165) is 37.4 Å². The van der Waals surface area contributed by atoms with E-state index in [1.807, 2.05) is 0 Å². The quantitative estimate of drug-likeness (QED) is 0.464. The van der Waals surface area contributed by atoms with Crippen LogP contribution in [0.3, 0.4) is 0 Å². The van der Waals surface area contributed by atoms with Gasteiger partial charge in [0.05, 0.1) is 24.2 Å². The van der Waals surface area contributed by atoms with Crippen LogP contribution in [0.25, 0.3) is 11.1 Å². The minimum Gasteiger partial charge on any atom is -0.469 e. The molecule has 1 atom stereocenters. The van der Waals surface area contributed by atoms with Crippen molar-refractivity contribution in [3.8, 4) is 11.1 Å². The SMILES string of the molecule is CCNCc1cc(C(F)(F)F)ccc1-c1cc([C@H](C)C(=O)OC)cc(C(F)(F)F)c1. The third-order valence-corrected chi connectivity index (χ3v) is 4.65. The first-order valence-corrected chi connectivity index (χ1v) is 9.09. The minimum atomic E-state index is -4.70. The molecule has 0 aromatic heterocycles. The number of halogens is 6. The average Bonchev–Trinajstić information content (AvgIpc) is 2.69. The third-order valence-electron chi connectivity index (χ3n) is 4.65. The van der Waals surface area contributed by atoms with Crippen LogP contribution in [0.2, 0.25) is 0 Å². The zero-order chi connectivity index (χ0) is 22.7. The van der Waals surface area contributed by atoms with Crippen LogP contribution in [-0.2, 0) is 28.4 Å². The number of benzene rings is 2. The van der Waals surface area contributed by atoms with E-state index >= 15 is 0 Å². The van der Waals surface area contributed by atoms with E-state index < -0.39 is 35.4 Å². The van der Waals surface area contributed by atoms with E-state index in [4.69, 9.17) is 0 Å². The number of hydrogen-bond donors (Lipinski definition) is 1. The van der Waals surface area contributed by atoms with E-state index in [1.165, 1.54) is 13.0 Å². The molecule has 0 bridgehead atoms. The Labute approximate surface area is 170 Å². The molecule has 0 aliphatic rings. The van der Waals surface area contributed by atoms with Crippen LogP contribution < -0.4 is 5.32 Å². The summed E-state index contributed by atoms with van der Waals surface area (Å²) in [5.74, 6) is -1.71. The molecule has 0 aliphatic carbocycles. The lowest BCUT2D eigenvalue weighted by molar-refractivity contribution is -0.142. The smallest absolute Gasteiger partial charge is 0.416 e. The van der Waals surface area contributed by atoms with E-state index in [9.17, 15) is 31.1 Å². The van der Waals surface area contributed by atoms with Crippen LogP contribution >= 0.6 is 0 Å². The predicted octanol–water partition coefficient (Wildman–Crippen LogP) is 5.78. The van der Waals surface area contributed by atoms with Crippen molar-refractivity contribution in [2.24, 2.45) is 0 Å². The number of hydrogen-bond acceptors (Lipinski definition) is 3. The fraction of sp³-hybridized carbons (Fsp3) is 0.381. The molecule has 3 nitrogen and oxygen atoms in total. The number of rotatable bonds is 6. The first kappa shape index (κ1) is 23.7. The van der Waals surface area contributed by atoms with Crippen molar-refractivity contribution in [1.82, 2.24) is 5.32 Å². The van der Waals surface area contributed by atoms with E-state index in [0.29, 0.717) is 6.54 Å². The van der Waals surface area contributed by atoms with Gasteiger partial charge in [0, 0.05) is 6.54 Å². The standard InChI is InChI=1S/C21H21F6NO2/c1-4-28-11-15-10-16(20(22,23)24)5-6-18(15)14-7-13(12(2)19(29)30-3)8-17(9-14)21(25,26)27/h5-10,12,28H,4,11H2,1-3H3/t12-/m0/s1.